The smallest absolute Gasteiger partial charge is 0.231 e. The molecule has 0 N–H and O–H groups in total. The second-order valence-corrected chi connectivity index (χ2v) is 8.66. The Kier molecular flexibility index (Phi) is 6.52. The standard InChI is InChI=1S/C22H32ClN3O3/c1-3-24(4-2)18-8-9-25(14-18)17-5-6-22(27)26(10-7-17)13-16-11-20-21(12-19(16)23)29-15-28-20/h11-12,17-18H,3-10,13-15H2,1-2H3. The van der Waals surface area contributed by atoms with Crippen LogP contribution in [-0.4, -0.2) is 72.2 Å². The summed E-state index contributed by atoms with van der Waals surface area (Å²) in [5, 5.41) is 0.629. The van der Waals surface area contributed by atoms with Crippen molar-refractivity contribution < 1.29 is 14.3 Å². The van der Waals surface area contributed by atoms with Gasteiger partial charge in [0.1, 0.15) is 0 Å². The SMILES string of the molecule is CCN(CC)C1CCN(C2CCC(=O)N(Cc3cc4c(cc3Cl)OCO4)CC2)C1. The first-order valence-corrected chi connectivity index (χ1v) is 11.3. The molecule has 29 heavy (non-hydrogen) atoms. The number of carbonyl (C=O) groups is 1. The van der Waals surface area contributed by atoms with Gasteiger partial charge in [0.15, 0.2) is 11.5 Å². The van der Waals surface area contributed by atoms with E-state index < -0.39 is 0 Å². The molecule has 4 rings (SSSR count). The van der Waals surface area contributed by atoms with Crippen LogP contribution in [0.25, 0.3) is 0 Å². The van der Waals surface area contributed by atoms with E-state index in [4.69, 9.17) is 21.1 Å². The minimum Gasteiger partial charge on any atom is -0.454 e. The number of benzene rings is 1. The lowest BCUT2D eigenvalue weighted by atomic mass is 10.1. The average molecular weight is 422 g/mol. The zero-order valence-electron chi connectivity index (χ0n) is 17.5. The van der Waals surface area contributed by atoms with E-state index in [0.29, 0.717) is 41.6 Å². The van der Waals surface area contributed by atoms with Gasteiger partial charge < -0.3 is 14.4 Å². The second kappa shape index (κ2) is 9.11. The number of likely N-dealkylation sites (tertiary alicyclic amines) is 2. The molecule has 0 aromatic heterocycles. The molecule has 0 bridgehead atoms. The monoisotopic (exact) mass is 421 g/mol. The maximum Gasteiger partial charge on any atom is 0.231 e. The Hall–Kier alpha value is -1.50. The number of ether oxygens (including phenoxy) is 2. The molecule has 1 aromatic rings. The fourth-order valence-electron chi connectivity index (χ4n) is 4.98. The van der Waals surface area contributed by atoms with Crippen molar-refractivity contribution in [2.75, 3.05) is 39.5 Å². The van der Waals surface area contributed by atoms with Crippen LogP contribution in [0.3, 0.4) is 0 Å². The molecule has 0 radical (unpaired) electrons. The summed E-state index contributed by atoms with van der Waals surface area (Å²) >= 11 is 6.43. The van der Waals surface area contributed by atoms with Gasteiger partial charge in [-0.3, -0.25) is 14.6 Å². The highest BCUT2D eigenvalue weighted by Crippen LogP contribution is 2.37. The fourth-order valence-corrected chi connectivity index (χ4v) is 5.19. The van der Waals surface area contributed by atoms with Crippen molar-refractivity contribution >= 4 is 17.5 Å². The predicted octanol–water partition coefficient (Wildman–Crippen LogP) is 3.37. The minimum atomic E-state index is 0.223. The van der Waals surface area contributed by atoms with E-state index in [1.807, 2.05) is 11.0 Å². The van der Waals surface area contributed by atoms with Crippen LogP contribution in [0, 0.1) is 0 Å². The quantitative estimate of drug-likeness (QED) is 0.704. The summed E-state index contributed by atoms with van der Waals surface area (Å²) in [6.07, 6.45) is 3.83. The molecule has 2 saturated heterocycles. The molecule has 6 nitrogen and oxygen atoms in total. The van der Waals surface area contributed by atoms with Gasteiger partial charge in [0.05, 0.1) is 0 Å². The molecule has 0 aliphatic carbocycles. The zero-order chi connectivity index (χ0) is 20.4. The van der Waals surface area contributed by atoms with Gasteiger partial charge in [-0.2, -0.15) is 0 Å². The molecule has 1 aromatic carbocycles. The predicted molar refractivity (Wildman–Crippen MR) is 114 cm³/mol. The molecule has 160 valence electrons. The van der Waals surface area contributed by atoms with Crippen LogP contribution in [-0.2, 0) is 11.3 Å². The maximum atomic E-state index is 12.8. The highest BCUT2D eigenvalue weighted by molar-refractivity contribution is 6.31. The number of nitrogens with zero attached hydrogens (tertiary/aromatic N) is 3. The van der Waals surface area contributed by atoms with Crippen LogP contribution >= 0.6 is 11.6 Å². The van der Waals surface area contributed by atoms with Crippen LogP contribution in [0.2, 0.25) is 5.02 Å². The zero-order valence-corrected chi connectivity index (χ0v) is 18.3. The van der Waals surface area contributed by atoms with Gasteiger partial charge in [0, 0.05) is 55.8 Å². The van der Waals surface area contributed by atoms with Crippen molar-refractivity contribution in [2.45, 2.75) is 58.2 Å². The molecule has 0 saturated carbocycles. The molecule has 3 aliphatic rings. The van der Waals surface area contributed by atoms with Crippen molar-refractivity contribution in [3.63, 3.8) is 0 Å². The van der Waals surface area contributed by atoms with Crippen molar-refractivity contribution in [1.82, 2.24) is 14.7 Å². The van der Waals surface area contributed by atoms with Crippen molar-refractivity contribution in [2.24, 2.45) is 0 Å². The van der Waals surface area contributed by atoms with Crippen LogP contribution in [0.15, 0.2) is 12.1 Å². The number of hydrogen-bond acceptors (Lipinski definition) is 5. The Morgan fingerprint density at radius 1 is 1.10 bits per heavy atom. The molecular formula is C22H32ClN3O3. The Morgan fingerprint density at radius 3 is 2.62 bits per heavy atom. The summed E-state index contributed by atoms with van der Waals surface area (Å²) < 4.78 is 10.9. The minimum absolute atomic E-state index is 0.223. The Labute approximate surface area is 178 Å². The van der Waals surface area contributed by atoms with Gasteiger partial charge in [0.25, 0.3) is 0 Å². The summed E-state index contributed by atoms with van der Waals surface area (Å²) in [6, 6.07) is 4.86. The number of carbonyl (C=O) groups excluding carboxylic acids is 1. The van der Waals surface area contributed by atoms with E-state index >= 15 is 0 Å². The number of likely N-dealkylation sites (N-methyl/N-ethyl adjacent to an activating group) is 1. The van der Waals surface area contributed by atoms with E-state index in [1.165, 1.54) is 6.42 Å². The van der Waals surface area contributed by atoms with Crippen LogP contribution in [0.4, 0.5) is 0 Å². The number of rotatable bonds is 6. The molecule has 7 heteroatoms. The lowest BCUT2D eigenvalue weighted by molar-refractivity contribution is -0.131. The lowest BCUT2D eigenvalue weighted by Crippen LogP contribution is -2.40. The van der Waals surface area contributed by atoms with Crippen molar-refractivity contribution in [3.8, 4) is 11.5 Å². The highest BCUT2D eigenvalue weighted by atomic mass is 35.5. The highest BCUT2D eigenvalue weighted by Gasteiger charge is 2.33. The first-order chi connectivity index (χ1) is 14.1. The van der Waals surface area contributed by atoms with Gasteiger partial charge in [-0.05, 0) is 44.0 Å². The van der Waals surface area contributed by atoms with Crippen LogP contribution in [0.5, 0.6) is 11.5 Å². The third kappa shape index (κ3) is 4.49. The van der Waals surface area contributed by atoms with Crippen molar-refractivity contribution in [3.05, 3.63) is 22.7 Å². The van der Waals surface area contributed by atoms with Gasteiger partial charge in [-0.15, -0.1) is 0 Å². The summed E-state index contributed by atoms with van der Waals surface area (Å²) in [4.78, 5) is 19.9. The Balaban J connectivity index is 1.37. The first-order valence-electron chi connectivity index (χ1n) is 10.9. The molecule has 1 amide bonds. The number of fused-ring (bicyclic) bond motifs is 1. The maximum absolute atomic E-state index is 12.8. The van der Waals surface area contributed by atoms with E-state index in [9.17, 15) is 4.79 Å². The van der Waals surface area contributed by atoms with Gasteiger partial charge in [0.2, 0.25) is 12.7 Å². The third-order valence-electron chi connectivity index (χ3n) is 6.72. The number of halogens is 1. The molecule has 0 spiro atoms. The van der Waals surface area contributed by atoms with Crippen LogP contribution in [0.1, 0.15) is 45.1 Å². The topological polar surface area (TPSA) is 45.2 Å². The summed E-state index contributed by atoms with van der Waals surface area (Å²) in [5.41, 5.74) is 0.922. The molecular weight excluding hydrogens is 390 g/mol. The molecule has 3 aliphatic heterocycles. The average Bonchev–Trinajstić information content (AvgIpc) is 3.33. The third-order valence-corrected chi connectivity index (χ3v) is 7.07. The van der Waals surface area contributed by atoms with Crippen LogP contribution < -0.4 is 9.47 Å². The second-order valence-electron chi connectivity index (χ2n) is 8.25. The fraction of sp³-hybridized carbons (Fsp3) is 0.682. The van der Waals surface area contributed by atoms with Crippen molar-refractivity contribution in [1.29, 1.82) is 0 Å². The molecule has 2 atom stereocenters. The van der Waals surface area contributed by atoms with Gasteiger partial charge in [-0.25, -0.2) is 0 Å². The number of amides is 1. The normalized spacial score (nSPS) is 25.1. The van der Waals surface area contributed by atoms with E-state index in [2.05, 4.69) is 23.6 Å². The Bertz CT molecular complexity index is 740. The first kappa shape index (κ1) is 20.8. The number of hydrogen-bond donors (Lipinski definition) is 0. The van der Waals surface area contributed by atoms with E-state index in [-0.39, 0.29) is 12.7 Å². The largest absolute Gasteiger partial charge is 0.454 e. The summed E-state index contributed by atoms with van der Waals surface area (Å²) in [5.74, 6) is 1.61. The van der Waals surface area contributed by atoms with Gasteiger partial charge >= 0.3 is 0 Å². The summed E-state index contributed by atoms with van der Waals surface area (Å²) in [7, 11) is 0. The van der Waals surface area contributed by atoms with Gasteiger partial charge in [-0.1, -0.05) is 25.4 Å². The summed E-state index contributed by atoms with van der Waals surface area (Å²) in [6.45, 7) is 10.5. The van der Waals surface area contributed by atoms with E-state index in [0.717, 1.165) is 51.1 Å². The molecule has 2 fully saturated rings. The molecule has 2 unspecified atom stereocenters. The Morgan fingerprint density at radius 2 is 1.86 bits per heavy atom. The lowest BCUT2D eigenvalue weighted by Gasteiger charge is -2.29. The molecule has 3 heterocycles. The van der Waals surface area contributed by atoms with E-state index in [1.54, 1.807) is 6.07 Å².